The van der Waals surface area contributed by atoms with Gasteiger partial charge < -0.3 is 15.2 Å². The first kappa shape index (κ1) is 24.9. The molecular weight excluding hydrogens is 509 g/mol. The third-order valence-corrected chi connectivity index (χ3v) is 5.82. The fourth-order valence-corrected chi connectivity index (χ4v) is 4.34. The van der Waals surface area contributed by atoms with Crippen LogP contribution in [-0.4, -0.2) is 51.6 Å². The number of aryl methyl sites for hydroxylation is 1. The van der Waals surface area contributed by atoms with Crippen molar-refractivity contribution in [3.63, 3.8) is 0 Å². The average Bonchev–Trinajstić information content (AvgIpc) is 3.41. The van der Waals surface area contributed by atoms with Crippen molar-refractivity contribution < 1.29 is 0 Å². The van der Waals surface area contributed by atoms with Gasteiger partial charge in [-0.15, -0.1) is 34.2 Å². The van der Waals surface area contributed by atoms with Crippen molar-refractivity contribution in [1.29, 1.82) is 0 Å². The highest BCUT2D eigenvalue weighted by Crippen LogP contribution is 2.33. The van der Waals surface area contributed by atoms with Gasteiger partial charge in [0.15, 0.2) is 11.1 Å². The van der Waals surface area contributed by atoms with Crippen molar-refractivity contribution in [1.82, 2.24) is 30.4 Å². The number of hydrogen-bond donors (Lipinski definition) is 2. The first-order valence-corrected chi connectivity index (χ1v) is 11.9. The first-order valence-electron chi connectivity index (χ1n) is 10.7. The minimum absolute atomic E-state index is 0. The van der Waals surface area contributed by atoms with Gasteiger partial charge in [-0.1, -0.05) is 30.7 Å². The number of aliphatic imine (C=N–C) groups is 1. The quantitative estimate of drug-likeness (QED) is 0.156. The van der Waals surface area contributed by atoms with E-state index in [2.05, 4.69) is 49.6 Å². The lowest BCUT2D eigenvalue weighted by atomic mass is 10.2. The van der Waals surface area contributed by atoms with Gasteiger partial charge in [-0.3, -0.25) is 9.98 Å². The molecule has 0 radical (unpaired) electrons. The SMILES string of the molecule is CCNC(=NCCCc1nnc(SC)n1C1CCCC1)NCCc1ccccn1.I. The molecule has 0 bridgehead atoms. The summed E-state index contributed by atoms with van der Waals surface area (Å²) in [6.07, 6.45) is 11.8. The van der Waals surface area contributed by atoms with Gasteiger partial charge in [-0.2, -0.15) is 0 Å². The molecule has 0 aliphatic heterocycles. The van der Waals surface area contributed by atoms with Gasteiger partial charge in [0.05, 0.1) is 0 Å². The summed E-state index contributed by atoms with van der Waals surface area (Å²) in [5.74, 6) is 1.98. The molecule has 166 valence electrons. The summed E-state index contributed by atoms with van der Waals surface area (Å²) < 4.78 is 2.39. The number of thioether (sulfide) groups is 1. The maximum Gasteiger partial charge on any atom is 0.191 e. The number of nitrogens with zero attached hydrogens (tertiary/aromatic N) is 5. The summed E-state index contributed by atoms with van der Waals surface area (Å²) in [5, 5.41) is 16.6. The highest BCUT2D eigenvalue weighted by atomic mass is 127. The van der Waals surface area contributed by atoms with Crippen molar-refractivity contribution in [2.45, 2.75) is 63.1 Å². The minimum Gasteiger partial charge on any atom is -0.357 e. The number of hydrogen-bond acceptors (Lipinski definition) is 5. The van der Waals surface area contributed by atoms with Crippen molar-refractivity contribution >= 4 is 41.7 Å². The second-order valence-electron chi connectivity index (χ2n) is 7.27. The zero-order chi connectivity index (χ0) is 20.3. The Morgan fingerprint density at radius 1 is 1.20 bits per heavy atom. The van der Waals surface area contributed by atoms with Crippen LogP contribution < -0.4 is 10.6 Å². The highest BCUT2D eigenvalue weighted by Gasteiger charge is 2.23. The molecule has 1 fully saturated rings. The average molecular weight is 544 g/mol. The molecule has 2 aromatic heterocycles. The summed E-state index contributed by atoms with van der Waals surface area (Å²) in [6, 6.07) is 6.60. The molecule has 2 aromatic rings. The Kier molecular flexibility index (Phi) is 11.5. The molecule has 30 heavy (non-hydrogen) atoms. The van der Waals surface area contributed by atoms with Crippen LogP contribution in [0.4, 0.5) is 0 Å². The van der Waals surface area contributed by atoms with E-state index in [0.717, 1.165) is 61.5 Å². The molecule has 0 spiro atoms. The fraction of sp³-hybridized carbons (Fsp3) is 0.619. The highest BCUT2D eigenvalue weighted by molar-refractivity contribution is 14.0. The van der Waals surface area contributed by atoms with Gasteiger partial charge in [-0.25, -0.2) is 0 Å². The summed E-state index contributed by atoms with van der Waals surface area (Å²) in [4.78, 5) is 9.09. The molecule has 0 atom stereocenters. The van der Waals surface area contributed by atoms with Gasteiger partial charge in [0.1, 0.15) is 5.82 Å². The van der Waals surface area contributed by atoms with Crippen LogP contribution in [0.5, 0.6) is 0 Å². The maximum atomic E-state index is 4.73. The standard InChI is InChI=1S/C21H33N7S.HI/c1-3-22-20(25-16-13-17-9-6-7-14-23-17)24-15-8-12-19-26-27-21(29-2)28(19)18-10-4-5-11-18;/h6-7,9,14,18H,3-5,8,10-13,15-16H2,1-2H3,(H2,22,24,25);1H. The molecule has 2 heterocycles. The maximum absolute atomic E-state index is 4.73. The van der Waals surface area contributed by atoms with Crippen LogP contribution >= 0.6 is 35.7 Å². The van der Waals surface area contributed by atoms with E-state index in [1.807, 2.05) is 18.3 Å². The van der Waals surface area contributed by atoms with Gasteiger partial charge in [0, 0.05) is 50.4 Å². The zero-order valence-electron chi connectivity index (χ0n) is 18.0. The van der Waals surface area contributed by atoms with E-state index in [1.54, 1.807) is 11.8 Å². The van der Waals surface area contributed by atoms with Crippen molar-refractivity contribution in [3.05, 3.63) is 35.9 Å². The Balaban J connectivity index is 0.00000320. The molecule has 3 rings (SSSR count). The van der Waals surface area contributed by atoms with Gasteiger partial charge in [0.2, 0.25) is 0 Å². The number of halogens is 1. The fourth-order valence-electron chi connectivity index (χ4n) is 3.77. The predicted molar refractivity (Wildman–Crippen MR) is 135 cm³/mol. The van der Waals surface area contributed by atoms with Crippen LogP contribution in [0.1, 0.15) is 56.6 Å². The summed E-state index contributed by atoms with van der Waals surface area (Å²) in [6.45, 7) is 4.52. The van der Waals surface area contributed by atoms with Gasteiger partial charge in [-0.05, 0) is 44.6 Å². The summed E-state index contributed by atoms with van der Waals surface area (Å²) >= 11 is 1.70. The van der Waals surface area contributed by atoms with Crippen molar-refractivity contribution in [3.8, 4) is 0 Å². The molecule has 1 aliphatic carbocycles. The van der Waals surface area contributed by atoms with Crippen molar-refractivity contribution in [2.24, 2.45) is 4.99 Å². The molecule has 2 N–H and O–H groups in total. The molecule has 0 aromatic carbocycles. The number of guanidine groups is 1. The molecule has 0 saturated heterocycles. The lowest BCUT2D eigenvalue weighted by molar-refractivity contribution is 0.461. The van der Waals surface area contributed by atoms with Crippen LogP contribution in [0.3, 0.4) is 0 Å². The third-order valence-electron chi connectivity index (χ3n) is 5.18. The van der Waals surface area contributed by atoms with E-state index in [1.165, 1.54) is 25.7 Å². The molecule has 9 heteroatoms. The second-order valence-corrected chi connectivity index (χ2v) is 8.05. The number of pyridine rings is 1. The summed E-state index contributed by atoms with van der Waals surface area (Å²) in [5.41, 5.74) is 1.09. The molecule has 0 amide bonds. The van der Waals surface area contributed by atoms with E-state index < -0.39 is 0 Å². The molecule has 1 saturated carbocycles. The Morgan fingerprint density at radius 3 is 2.73 bits per heavy atom. The lowest BCUT2D eigenvalue weighted by Crippen LogP contribution is -2.38. The first-order chi connectivity index (χ1) is 14.3. The number of rotatable bonds is 10. The monoisotopic (exact) mass is 543 g/mol. The Labute approximate surface area is 201 Å². The predicted octanol–water partition coefficient (Wildman–Crippen LogP) is 3.86. The smallest absolute Gasteiger partial charge is 0.191 e. The van der Waals surface area contributed by atoms with E-state index in [4.69, 9.17) is 4.99 Å². The van der Waals surface area contributed by atoms with E-state index in [-0.39, 0.29) is 24.0 Å². The normalized spacial score (nSPS) is 14.5. The molecule has 0 unspecified atom stereocenters. The van der Waals surface area contributed by atoms with E-state index in [0.29, 0.717) is 6.04 Å². The van der Waals surface area contributed by atoms with Gasteiger partial charge in [0.25, 0.3) is 0 Å². The van der Waals surface area contributed by atoms with Crippen molar-refractivity contribution in [2.75, 3.05) is 25.9 Å². The van der Waals surface area contributed by atoms with Crippen LogP contribution in [-0.2, 0) is 12.8 Å². The molecule has 7 nitrogen and oxygen atoms in total. The molecular formula is C21H34IN7S. The lowest BCUT2D eigenvalue weighted by Gasteiger charge is -2.16. The Hall–Kier alpha value is -1.36. The second kappa shape index (κ2) is 13.8. The minimum atomic E-state index is 0. The van der Waals surface area contributed by atoms with E-state index >= 15 is 0 Å². The Morgan fingerprint density at radius 2 is 2.03 bits per heavy atom. The summed E-state index contributed by atoms with van der Waals surface area (Å²) in [7, 11) is 0. The van der Waals surface area contributed by atoms with Crippen LogP contribution in [0.15, 0.2) is 34.5 Å². The van der Waals surface area contributed by atoms with Crippen LogP contribution in [0.25, 0.3) is 0 Å². The van der Waals surface area contributed by atoms with Gasteiger partial charge >= 0.3 is 0 Å². The number of nitrogens with one attached hydrogen (secondary N) is 2. The number of aromatic nitrogens is 4. The zero-order valence-corrected chi connectivity index (χ0v) is 21.2. The Bertz CT molecular complexity index is 760. The van der Waals surface area contributed by atoms with E-state index in [9.17, 15) is 0 Å². The van der Waals surface area contributed by atoms with Crippen LogP contribution in [0.2, 0.25) is 0 Å². The van der Waals surface area contributed by atoms with Crippen LogP contribution in [0, 0.1) is 0 Å². The molecule has 1 aliphatic rings. The largest absolute Gasteiger partial charge is 0.357 e. The topological polar surface area (TPSA) is 80.0 Å². The third kappa shape index (κ3) is 7.40.